The van der Waals surface area contributed by atoms with Crippen LogP contribution in [0.15, 0.2) is 48.2 Å². The molecular formula is C21H20Cl2N2O2. The Kier molecular flexibility index (Phi) is 5.06. The van der Waals surface area contributed by atoms with Crippen LogP contribution in [-0.2, 0) is 15.0 Å². The maximum Gasteiger partial charge on any atom is 0.277 e. The highest BCUT2D eigenvalue weighted by Crippen LogP contribution is 2.35. The van der Waals surface area contributed by atoms with Crippen LogP contribution >= 0.6 is 23.2 Å². The van der Waals surface area contributed by atoms with Crippen LogP contribution in [0.25, 0.3) is 5.57 Å². The standard InChI is InChI=1S/C21H20Cl2N2O2/c1-21(2,3)12-5-8-14(9-6-12)24-18-17(19(26)25(4)20(18)27)15-10-7-13(22)11-16(15)23/h5-11,24H,1-4H3. The van der Waals surface area contributed by atoms with Gasteiger partial charge >= 0.3 is 0 Å². The minimum Gasteiger partial charge on any atom is -0.350 e. The molecule has 2 amide bonds. The minimum absolute atomic E-state index is 0.0269. The van der Waals surface area contributed by atoms with Crippen LogP contribution in [0.5, 0.6) is 0 Å². The summed E-state index contributed by atoms with van der Waals surface area (Å²) < 4.78 is 0. The molecule has 2 aromatic rings. The molecular weight excluding hydrogens is 383 g/mol. The second-order valence-electron chi connectivity index (χ2n) is 7.50. The summed E-state index contributed by atoms with van der Waals surface area (Å²) in [5.74, 6) is -0.807. The lowest BCUT2D eigenvalue weighted by Crippen LogP contribution is -2.27. The topological polar surface area (TPSA) is 49.4 Å². The van der Waals surface area contributed by atoms with Gasteiger partial charge in [-0.05, 0) is 35.2 Å². The van der Waals surface area contributed by atoms with Crippen molar-refractivity contribution in [2.75, 3.05) is 12.4 Å². The van der Waals surface area contributed by atoms with E-state index in [2.05, 4.69) is 26.1 Å². The van der Waals surface area contributed by atoms with Gasteiger partial charge in [-0.2, -0.15) is 0 Å². The van der Waals surface area contributed by atoms with Gasteiger partial charge in [-0.1, -0.05) is 62.2 Å². The van der Waals surface area contributed by atoms with Crippen LogP contribution in [0.3, 0.4) is 0 Å². The normalized spacial score (nSPS) is 15.0. The zero-order chi connectivity index (χ0) is 19.9. The first-order valence-electron chi connectivity index (χ1n) is 8.49. The Hall–Kier alpha value is -2.30. The molecule has 0 spiro atoms. The summed E-state index contributed by atoms with van der Waals surface area (Å²) >= 11 is 12.2. The van der Waals surface area contributed by atoms with Gasteiger partial charge in [0.15, 0.2) is 0 Å². The van der Waals surface area contributed by atoms with Gasteiger partial charge in [0.2, 0.25) is 0 Å². The molecule has 4 nitrogen and oxygen atoms in total. The van der Waals surface area contributed by atoms with Gasteiger partial charge in [-0.25, -0.2) is 0 Å². The number of likely N-dealkylation sites (N-methyl/N-ethyl adjacent to an activating group) is 1. The van der Waals surface area contributed by atoms with Crippen LogP contribution in [0.2, 0.25) is 10.0 Å². The molecule has 2 aromatic carbocycles. The molecule has 0 bridgehead atoms. The Morgan fingerprint density at radius 2 is 1.56 bits per heavy atom. The quantitative estimate of drug-likeness (QED) is 0.725. The fourth-order valence-electron chi connectivity index (χ4n) is 2.90. The van der Waals surface area contributed by atoms with Gasteiger partial charge in [-0.3, -0.25) is 14.5 Å². The lowest BCUT2D eigenvalue weighted by molar-refractivity contribution is -0.135. The maximum absolute atomic E-state index is 12.7. The lowest BCUT2D eigenvalue weighted by atomic mass is 9.87. The number of carbonyl (C=O) groups excluding carboxylic acids is 2. The average Bonchev–Trinajstić information content (AvgIpc) is 2.79. The maximum atomic E-state index is 12.7. The van der Waals surface area contributed by atoms with E-state index >= 15 is 0 Å². The van der Waals surface area contributed by atoms with Crippen molar-refractivity contribution in [3.8, 4) is 0 Å². The SMILES string of the molecule is CN1C(=O)C(Nc2ccc(C(C)(C)C)cc2)=C(c2ccc(Cl)cc2Cl)C1=O. The summed E-state index contributed by atoms with van der Waals surface area (Å²) in [5, 5.41) is 3.87. The first-order valence-corrected chi connectivity index (χ1v) is 9.25. The van der Waals surface area contributed by atoms with Gasteiger partial charge in [0, 0.05) is 23.3 Å². The number of imide groups is 1. The molecule has 1 aliphatic heterocycles. The predicted octanol–water partition coefficient (Wildman–Crippen LogP) is 5.11. The van der Waals surface area contributed by atoms with E-state index in [-0.39, 0.29) is 16.7 Å². The van der Waals surface area contributed by atoms with Crippen molar-refractivity contribution >= 4 is 46.3 Å². The number of rotatable bonds is 3. The van der Waals surface area contributed by atoms with Crippen molar-refractivity contribution in [2.24, 2.45) is 0 Å². The number of carbonyl (C=O) groups is 2. The van der Waals surface area contributed by atoms with Crippen LogP contribution in [0, 0.1) is 0 Å². The molecule has 6 heteroatoms. The van der Waals surface area contributed by atoms with Gasteiger partial charge in [-0.15, -0.1) is 0 Å². The van der Waals surface area contributed by atoms with Crippen molar-refractivity contribution in [2.45, 2.75) is 26.2 Å². The molecule has 1 aliphatic rings. The van der Waals surface area contributed by atoms with E-state index in [1.807, 2.05) is 24.3 Å². The molecule has 27 heavy (non-hydrogen) atoms. The Balaban J connectivity index is 2.05. The van der Waals surface area contributed by atoms with E-state index in [1.54, 1.807) is 18.2 Å². The Morgan fingerprint density at radius 1 is 0.926 bits per heavy atom. The number of nitrogens with zero attached hydrogens (tertiary/aromatic N) is 1. The van der Waals surface area contributed by atoms with Gasteiger partial charge in [0.25, 0.3) is 11.8 Å². The zero-order valence-corrected chi connectivity index (χ0v) is 17.1. The molecule has 0 saturated carbocycles. The number of hydrogen-bond donors (Lipinski definition) is 1. The third kappa shape index (κ3) is 3.73. The fourth-order valence-corrected chi connectivity index (χ4v) is 3.40. The highest BCUT2D eigenvalue weighted by molar-refractivity contribution is 6.41. The summed E-state index contributed by atoms with van der Waals surface area (Å²) in [5.41, 5.74) is 2.84. The van der Waals surface area contributed by atoms with Crippen molar-refractivity contribution in [1.29, 1.82) is 0 Å². The smallest absolute Gasteiger partial charge is 0.277 e. The van der Waals surface area contributed by atoms with E-state index in [0.717, 1.165) is 10.6 Å². The third-order valence-corrected chi connectivity index (χ3v) is 5.06. The molecule has 0 saturated heterocycles. The van der Waals surface area contributed by atoms with Crippen molar-refractivity contribution in [3.05, 3.63) is 69.3 Å². The van der Waals surface area contributed by atoms with E-state index in [1.165, 1.54) is 12.6 Å². The number of hydrogen-bond acceptors (Lipinski definition) is 3. The van der Waals surface area contributed by atoms with E-state index in [9.17, 15) is 9.59 Å². The molecule has 1 N–H and O–H groups in total. The summed E-state index contributed by atoms with van der Waals surface area (Å²) in [6.45, 7) is 6.40. The monoisotopic (exact) mass is 402 g/mol. The molecule has 0 aliphatic carbocycles. The molecule has 0 atom stereocenters. The van der Waals surface area contributed by atoms with Gasteiger partial charge in [0.05, 0.1) is 10.6 Å². The predicted molar refractivity (Wildman–Crippen MR) is 110 cm³/mol. The Bertz CT molecular complexity index is 957. The Morgan fingerprint density at radius 3 is 2.11 bits per heavy atom. The molecule has 0 radical (unpaired) electrons. The van der Waals surface area contributed by atoms with E-state index < -0.39 is 11.8 Å². The zero-order valence-electron chi connectivity index (χ0n) is 15.6. The van der Waals surface area contributed by atoms with Gasteiger partial charge in [0.1, 0.15) is 5.70 Å². The lowest BCUT2D eigenvalue weighted by Gasteiger charge is -2.19. The molecule has 0 unspecified atom stereocenters. The minimum atomic E-state index is -0.405. The van der Waals surface area contributed by atoms with Crippen LogP contribution in [0.4, 0.5) is 5.69 Å². The summed E-state index contributed by atoms with van der Waals surface area (Å²) in [7, 11) is 1.45. The number of amides is 2. The van der Waals surface area contributed by atoms with Gasteiger partial charge < -0.3 is 5.32 Å². The first kappa shape index (κ1) is 19.5. The van der Waals surface area contributed by atoms with E-state index in [4.69, 9.17) is 23.2 Å². The number of benzene rings is 2. The van der Waals surface area contributed by atoms with Crippen LogP contribution in [-0.4, -0.2) is 23.8 Å². The van der Waals surface area contributed by atoms with Crippen LogP contribution < -0.4 is 5.32 Å². The molecule has 0 fully saturated rings. The first-order chi connectivity index (χ1) is 12.6. The van der Waals surface area contributed by atoms with Crippen molar-refractivity contribution in [1.82, 2.24) is 4.90 Å². The van der Waals surface area contributed by atoms with E-state index in [0.29, 0.717) is 15.6 Å². The highest BCUT2D eigenvalue weighted by atomic mass is 35.5. The second-order valence-corrected chi connectivity index (χ2v) is 8.34. The number of anilines is 1. The summed E-state index contributed by atoms with van der Waals surface area (Å²) in [4.78, 5) is 26.4. The molecule has 140 valence electrons. The largest absolute Gasteiger partial charge is 0.350 e. The molecule has 3 rings (SSSR count). The highest BCUT2D eigenvalue weighted by Gasteiger charge is 2.37. The van der Waals surface area contributed by atoms with Crippen LogP contribution in [0.1, 0.15) is 31.9 Å². The molecule has 0 aromatic heterocycles. The third-order valence-electron chi connectivity index (χ3n) is 4.51. The number of halogens is 2. The van der Waals surface area contributed by atoms with Crippen molar-refractivity contribution < 1.29 is 9.59 Å². The van der Waals surface area contributed by atoms with Crippen molar-refractivity contribution in [3.63, 3.8) is 0 Å². The number of nitrogens with one attached hydrogen (secondary N) is 1. The summed E-state index contributed by atoms with van der Waals surface area (Å²) in [6, 6.07) is 12.6. The molecule has 1 heterocycles. The Labute approximate surface area is 168 Å². The summed E-state index contributed by atoms with van der Waals surface area (Å²) in [6.07, 6.45) is 0. The fraction of sp³-hybridized carbons (Fsp3) is 0.238. The second kappa shape index (κ2) is 7.02. The average molecular weight is 403 g/mol.